The standard InChI is InChI=1S/C26H30N8OS/c1-6-36-18-10-9-17(27-12-18)11-28-23-25(35)34(26(3,4)5)24-19(32-23)13-29-22(33-24)20-15(2)30-14-31-21(20)16-7-8-16/h9-10,12-14,16H,6-8,11H2,1-5H3,(H,28,32). The first kappa shape index (κ1) is 24.3. The van der Waals surface area contributed by atoms with E-state index in [1.807, 2.05) is 46.0 Å². The molecule has 0 aliphatic heterocycles. The molecule has 0 radical (unpaired) electrons. The summed E-state index contributed by atoms with van der Waals surface area (Å²) < 4.78 is 1.69. The van der Waals surface area contributed by atoms with E-state index in [0.717, 1.165) is 46.1 Å². The summed E-state index contributed by atoms with van der Waals surface area (Å²) in [7, 11) is 0. The van der Waals surface area contributed by atoms with Gasteiger partial charge in [0.1, 0.15) is 11.8 Å². The lowest BCUT2D eigenvalue weighted by Gasteiger charge is -2.24. The van der Waals surface area contributed by atoms with Crippen LogP contribution in [0.5, 0.6) is 0 Å². The number of pyridine rings is 1. The first-order chi connectivity index (χ1) is 17.3. The molecule has 1 aliphatic carbocycles. The highest BCUT2D eigenvalue weighted by Gasteiger charge is 2.30. The van der Waals surface area contributed by atoms with Crippen LogP contribution < -0.4 is 10.9 Å². The lowest BCUT2D eigenvalue weighted by atomic mass is 10.1. The van der Waals surface area contributed by atoms with Crippen molar-refractivity contribution in [3.05, 3.63) is 58.3 Å². The average Bonchev–Trinajstić information content (AvgIpc) is 3.68. The van der Waals surface area contributed by atoms with Crippen LogP contribution in [0.2, 0.25) is 0 Å². The normalized spacial score (nSPS) is 13.8. The van der Waals surface area contributed by atoms with E-state index >= 15 is 0 Å². The molecule has 0 atom stereocenters. The number of nitrogens with one attached hydrogen (secondary N) is 1. The number of hydrogen-bond acceptors (Lipinski definition) is 9. The van der Waals surface area contributed by atoms with E-state index in [1.165, 1.54) is 0 Å². The summed E-state index contributed by atoms with van der Waals surface area (Å²) in [5.41, 5.74) is 3.77. The Morgan fingerprint density at radius 1 is 1.08 bits per heavy atom. The van der Waals surface area contributed by atoms with Gasteiger partial charge >= 0.3 is 0 Å². The maximum Gasteiger partial charge on any atom is 0.295 e. The fourth-order valence-electron chi connectivity index (χ4n) is 4.21. The number of thioether (sulfide) groups is 1. The summed E-state index contributed by atoms with van der Waals surface area (Å²) in [6.45, 7) is 10.4. The Bertz CT molecular complexity index is 1470. The smallest absolute Gasteiger partial charge is 0.295 e. The molecule has 4 aromatic heterocycles. The van der Waals surface area contributed by atoms with Gasteiger partial charge in [0, 0.05) is 22.5 Å². The van der Waals surface area contributed by atoms with Crippen LogP contribution in [-0.4, -0.2) is 40.2 Å². The molecule has 186 valence electrons. The number of rotatable bonds is 7. The molecular weight excluding hydrogens is 472 g/mol. The third-order valence-corrected chi connectivity index (χ3v) is 6.93. The van der Waals surface area contributed by atoms with Gasteiger partial charge in [0.05, 0.1) is 35.4 Å². The Hall–Kier alpha value is -3.40. The summed E-state index contributed by atoms with van der Waals surface area (Å²) in [4.78, 5) is 42.3. The SMILES string of the molecule is CCSc1ccc(CNc2nc3cnc(-c4c(C)ncnc4C4CC4)nc3n(C(C)(C)C)c2=O)nc1. The maximum atomic E-state index is 13.6. The van der Waals surface area contributed by atoms with Crippen LogP contribution in [0.3, 0.4) is 0 Å². The number of hydrogen-bond donors (Lipinski definition) is 1. The fourth-order valence-corrected chi connectivity index (χ4v) is 4.84. The Balaban J connectivity index is 1.56. The lowest BCUT2D eigenvalue weighted by Crippen LogP contribution is -2.36. The van der Waals surface area contributed by atoms with Gasteiger partial charge in [-0.3, -0.25) is 14.3 Å². The minimum atomic E-state index is -0.529. The molecule has 1 aliphatic rings. The predicted molar refractivity (Wildman–Crippen MR) is 142 cm³/mol. The fraction of sp³-hybridized carbons (Fsp3) is 0.423. The molecule has 0 aromatic carbocycles. The van der Waals surface area contributed by atoms with Gasteiger partial charge < -0.3 is 5.32 Å². The lowest BCUT2D eigenvalue weighted by molar-refractivity contribution is 0.395. The van der Waals surface area contributed by atoms with E-state index in [-0.39, 0.29) is 11.4 Å². The van der Waals surface area contributed by atoms with Crippen LogP contribution in [0.25, 0.3) is 22.6 Å². The second kappa shape index (κ2) is 9.57. The highest BCUT2D eigenvalue weighted by molar-refractivity contribution is 7.99. The van der Waals surface area contributed by atoms with Crippen LogP contribution >= 0.6 is 11.8 Å². The number of aryl methyl sites for hydroxylation is 1. The van der Waals surface area contributed by atoms with E-state index in [1.54, 1.807) is 28.9 Å². The minimum absolute atomic E-state index is 0.235. The topological polar surface area (TPSA) is 111 Å². The quantitative estimate of drug-likeness (QED) is 0.359. The van der Waals surface area contributed by atoms with E-state index in [4.69, 9.17) is 4.98 Å². The van der Waals surface area contributed by atoms with Crippen molar-refractivity contribution in [1.82, 2.24) is 34.5 Å². The summed E-state index contributed by atoms with van der Waals surface area (Å²) in [6.07, 6.45) is 7.35. The van der Waals surface area contributed by atoms with Gasteiger partial charge in [0.2, 0.25) is 0 Å². The van der Waals surface area contributed by atoms with Crippen molar-refractivity contribution in [2.24, 2.45) is 0 Å². The largest absolute Gasteiger partial charge is 0.360 e. The van der Waals surface area contributed by atoms with Crippen LogP contribution in [-0.2, 0) is 12.1 Å². The Kier molecular flexibility index (Phi) is 6.46. The molecule has 0 bridgehead atoms. The number of fused-ring (bicyclic) bond motifs is 1. The third kappa shape index (κ3) is 4.82. The van der Waals surface area contributed by atoms with Crippen molar-refractivity contribution in [2.75, 3.05) is 11.1 Å². The second-order valence-electron chi connectivity index (χ2n) is 9.94. The van der Waals surface area contributed by atoms with Crippen molar-refractivity contribution in [3.8, 4) is 11.4 Å². The van der Waals surface area contributed by atoms with Gasteiger partial charge in [-0.15, -0.1) is 11.8 Å². The molecule has 4 aromatic rings. The zero-order chi connectivity index (χ0) is 25.4. The molecule has 5 rings (SSSR count). The molecular formula is C26H30N8OS. The molecule has 36 heavy (non-hydrogen) atoms. The molecule has 0 amide bonds. The zero-order valence-corrected chi connectivity index (χ0v) is 22.1. The van der Waals surface area contributed by atoms with Gasteiger partial charge in [-0.25, -0.2) is 24.9 Å². The minimum Gasteiger partial charge on any atom is -0.360 e. The maximum absolute atomic E-state index is 13.6. The summed E-state index contributed by atoms with van der Waals surface area (Å²) >= 11 is 1.74. The van der Waals surface area contributed by atoms with Crippen LogP contribution in [0, 0.1) is 6.92 Å². The first-order valence-corrected chi connectivity index (χ1v) is 13.2. The first-order valence-electron chi connectivity index (χ1n) is 12.2. The van der Waals surface area contributed by atoms with Crippen molar-refractivity contribution in [2.45, 2.75) is 70.4 Å². The monoisotopic (exact) mass is 502 g/mol. The third-order valence-electron chi connectivity index (χ3n) is 6.07. The Morgan fingerprint density at radius 2 is 1.89 bits per heavy atom. The van der Waals surface area contributed by atoms with Gasteiger partial charge in [-0.1, -0.05) is 6.92 Å². The molecule has 0 saturated heterocycles. The molecule has 1 fully saturated rings. The molecule has 10 heteroatoms. The Labute approximate surface area is 214 Å². The number of nitrogens with zero attached hydrogens (tertiary/aromatic N) is 7. The van der Waals surface area contributed by atoms with Crippen molar-refractivity contribution in [3.63, 3.8) is 0 Å². The summed E-state index contributed by atoms with van der Waals surface area (Å²) in [5, 5.41) is 3.18. The van der Waals surface area contributed by atoms with E-state index in [2.05, 4.69) is 37.2 Å². The van der Waals surface area contributed by atoms with Gasteiger partial charge in [-0.05, 0) is 58.4 Å². The average molecular weight is 503 g/mol. The summed E-state index contributed by atoms with van der Waals surface area (Å²) in [5.74, 6) is 2.19. The van der Waals surface area contributed by atoms with Gasteiger partial charge in [0.15, 0.2) is 17.3 Å². The molecule has 0 unspecified atom stereocenters. The molecule has 1 saturated carbocycles. The van der Waals surface area contributed by atoms with Crippen molar-refractivity contribution < 1.29 is 0 Å². The van der Waals surface area contributed by atoms with Crippen LogP contribution in [0.15, 0.2) is 40.5 Å². The Morgan fingerprint density at radius 3 is 2.56 bits per heavy atom. The van der Waals surface area contributed by atoms with Crippen LogP contribution in [0.4, 0.5) is 5.82 Å². The van der Waals surface area contributed by atoms with E-state index < -0.39 is 5.54 Å². The number of anilines is 1. The highest BCUT2D eigenvalue weighted by Crippen LogP contribution is 2.43. The second-order valence-corrected chi connectivity index (χ2v) is 11.3. The summed E-state index contributed by atoms with van der Waals surface area (Å²) in [6, 6.07) is 4.01. The van der Waals surface area contributed by atoms with E-state index in [9.17, 15) is 4.79 Å². The van der Waals surface area contributed by atoms with Gasteiger partial charge in [0.25, 0.3) is 5.56 Å². The van der Waals surface area contributed by atoms with Crippen molar-refractivity contribution in [1.29, 1.82) is 0 Å². The molecule has 1 N–H and O–H groups in total. The molecule has 4 heterocycles. The van der Waals surface area contributed by atoms with Gasteiger partial charge in [-0.2, -0.15) is 0 Å². The predicted octanol–water partition coefficient (Wildman–Crippen LogP) is 4.70. The van der Waals surface area contributed by atoms with Crippen LogP contribution in [0.1, 0.15) is 63.5 Å². The molecule has 9 nitrogen and oxygen atoms in total. The highest BCUT2D eigenvalue weighted by atomic mass is 32.2. The van der Waals surface area contributed by atoms with E-state index in [0.29, 0.717) is 29.5 Å². The van der Waals surface area contributed by atoms with Crippen molar-refractivity contribution >= 4 is 28.7 Å². The molecule has 0 spiro atoms. The zero-order valence-electron chi connectivity index (χ0n) is 21.2. The number of aromatic nitrogens is 7.